The number of hydrogen-bond acceptors (Lipinski definition) is 2. The van der Waals surface area contributed by atoms with Crippen molar-refractivity contribution in [2.24, 2.45) is 0 Å². The molecule has 0 N–H and O–H groups in total. The maximum Gasteiger partial charge on any atom is 0.189 e. The first-order chi connectivity index (χ1) is 14.2. The summed E-state index contributed by atoms with van der Waals surface area (Å²) >= 11 is 6.37. The van der Waals surface area contributed by atoms with Gasteiger partial charge in [-0.05, 0) is 23.6 Å². The largest absolute Gasteiger partial charge is 0.307 e. The normalized spacial score (nSPS) is 11.8. The lowest BCUT2D eigenvalue weighted by Gasteiger charge is -2.21. The van der Waals surface area contributed by atoms with Crippen LogP contribution >= 0.6 is 18.7 Å². The van der Waals surface area contributed by atoms with Crippen molar-refractivity contribution >= 4 is 56.5 Å². The molecule has 0 radical (unpaired) electrons. The third kappa shape index (κ3) is 2.97. The Labute approximate surface area is 174 Å². The quantitative estimate of drug-likeness (QED) is 0.281. The van der Waals surface area contributed by atoms with Gasteiger partial charge in [0.15, 0.2) is 7.14 Å². The van der Waals surface area contributed by atoms with Crippen molar-refractivity contribution in [3.05, 3.63) is 108 Å². The van der Waals surface area contributed by atoms with Crippen LogP contribution in [0.3, 0.4) is 0 Å². The maximum absolute atomic E-state index is 14.9. The molecule has 1 aromatic heterocycles. The molecule has 1 heterocycles. The maximum atomic E-state index is 14.9. The van der Waals surface area contributed by atoms with E-state index in [0.717, 1.165) is 32.3 Å². The summed E-state index contributed by atoms with van der Waals surface area (Å²) in [5.74, 6) is 0. The summed E-state index contributed by atoms with van der Waals surface area (Å²) in [5, 5.41) is 4.97. The van der Waals surface area contributed by atoms with Crippen molar-refractivity contribution < 1.29 is 4.57 Å². The van der Waals surface area contributed by atoms with E-state index in [1.807, 2.05) is 103 Å². The first-order valence-corrected chi connectivity index (χ1v) is 11.5. The molecule has 0 spiro atoms. The molecule has 5 rings (SSSR count). The zero-order chi connectivity index (χ0) is 19.8. The molecule has 0 unspecified atom stereocenters. The highest BCUT2D eigenvalue weighted by atomic mass is 35.5. The van der Waals surface area contributed by atoms with Crippen molar-refractivity contribution in [3.8, 4) is 0 Å². The lowest BCUT2D eigenvalue weighted by atomic mass is 10.1. The van der Waals surface area contributed by atoms with Gasteiger partial charge in [0.2, 0.25) is 0 Å². The second-order valence-corrected chi connectivity index (χ2v) is 10.0. The van der Waals surface area contributed by atoms with Crippen molar-refractivity contribution in [1.29, 1.82) is 0 Å². The van der Waals surface area contributed by atoms with Crippen molar-refractivity contribution in [3.63, 3.8) is 0 Å². The highest BCUT2D eigenvalue weighted by Crippen LogP contribution is 2.44. The molecule has 0 aliphatic heterocycles. The average molecular weight is 414 g/mol. The third-order valence-electron chi connectivity index (χ3n) is 5.18. The summed E-state index contributed by atoms with van der Waals surface area (Å²) < 4.78 is 14.9. The Balaban J connectivity index is 1.97. The Morgan fingerprint density at radius 2 is 1.21 bits per heavy atom. The molecule has 4 heteroatoms. The predicted molar refractivity (Wildman–Crippen MR) is 124 cm³/mol. The van der Waals surface area contributed by atoms with Crippen LogP contribution in [0.5, 0.6) is 0 Å². The number of benzene rings is 4. The van der Waals surface area contributed by atoms with Crippen LogP contribution < -0.4 is 16.0 Å². The molecular formula is C25H17ClNOP. The van der Waals surface area contributed by atoms with Crippen LogP contribution in [0, 0.1) is 0 Å². The molecule has 0 saturated carbocycles. The van der Waals surface area contributed by atoms with E-state index in [9.17, 15) is 4.57 Å². The monoisotopic (exact) mass is 413 g/mol. The summed E-state index contributed by atoms with van der Waals surface area (Å²) in [4.78, 5) is 4.95. The number of fused-ring (bicyclic) bond motifs is 3. The summed E-state index contributed by atoms with van der Waals surface area (Å²) in [6.07, 6.45) is 0. The van der Waals surface area contributed by atoms with Gasteiger partial charge in [0.25, 0.3) is 0 Å². The van der Waals surface area contributed by atoms with Crippen LogP contribution in [0.15, 0.2) is 103 Å². The summed E-state index contributed by atoms with van der Waals surface area (Å²) in [5.41, 5.74) is 1.40. The van der Waals surface area contributed by atoms with Crippen LogP contribution in [0.4, 0.5) is 0 Å². The number of aromatic nitrogens is 1. The summed E-state index contributed by atoms with van der Waals surface area (Å²) in [6, 6.07) is 32.9. The molecular weight excluding hydrogens is 397 g/mol. The van der Waals surface area contributed by atoms with E-state index in [1.165, 1.54) is 0 Å². The molecule has 4 aromatic carbocycles. The Bertz CT molecular complexity index is 1340. The molecule has 5 aromatic rings. The molecule has 140 valence electrons. The second-order valence-electron chi connectivity index (χ2n) is 6.92. The fourth-order valence-electron chi connectivity index (χ4n) is 3.82. The number of rotatable bonds is 3. The fourth-order valence-corrected chi connectivity index (χ4v) is 6.74. The first-order valence-electron chi connectivity index (χ1n) is 9.38. The lowest BCUT2D eigenvalue weighted by molar-refractivity contribution is 0.592. The smallest absolute Gasteiger partial charge is 0.189 e. The van der Waals surface area contributed by atoms with Gasteiger partial charge in [0.05, 0.1) is 5.52 Å². The van der Waals surface area contributed by atoms with Gasteiger partial charge in [0, 0.05) is 26.4 Å². The van der Waals surface area contributed by atoms with Crippen LogP contribution in [-0.2, 0) is 4.57 Å². The van der Waals surface area contributed by atoms with E-state index >= 15 is 0 Å². The molecule has 0 amide bonds. The van der Waals surface area contributed by atoms with Crippen LogP contribution in [0.25, 0.3) is 21.7 Å². The van der Waals surface area contributed by atoms with Crippen LogP contribution in [-0.4, -0.2) is 4.98 Å². The fraction of sp³-hybridized carbons (Fsp3) is 0. The minimum atomic E-state index is -3.22. The Morgan fingerprint density at radius 1 is 0.621 bits per heavy atom. The Morgan fingerprint density at radius 3 is 1.86 bits per heavy atom. The predicted octanol–water partition coefficient (Wildman–Crippen LogP) is 5.68. The van der Waals surface area contributed by atoms with E-state index in [0.29, 0.717) is 10.5 Å². The molecule has 2 nitrogen and oxygen atoms in total. The molecule has 0 bridgehead atoms. The number of nitrogens with zero attached hydrogens (tertiary/aromatic N) is 1. The van der Waals surface area contributed by atoms with Gasteiger partial charge in [-0.25, -0.2) is 4.98 Å². The van der Waals surface area contributed by atoms with E-state index in [2.05, 4.69) is 0 Å². The van der Waals surface area contributed by atoms with E-state index in [1.54, 1.807) is 0 Å². The molecule has 0 aliphatic rings. The highest BCUT2D eigenvalue weighted by Gasteiger charge is 2.33. The van der Waals surface area contributed by atoms with Crippen molar-refractivity contribution in [1.82, 2.24) is 4.98 Å². The average Bonchev–Trinajstić information content (AvgIpc) is 2.79. The third-order valence-corrected chi connectivity index (χ3v) is 8.40. The standard InChI is InChI=1S/C25H17ClNOP/c26-18-15-16-21-22-13-7-8-14-24(22)27-25(23(21)17-18)29(28,19-9-3-1-4-10-19)20-11-5-2-6-12-20/h1-17H. The topological polar surface area (TPSA) is 30.0 Å². The number of para-hydroxylation sites is 1. The Hall–Kier alpha value is -2.93. The van der Waals surface area contributed by atoms with Gasteiger partial charge in [-0.15, -0.1) is 0 Å². The SMILES string of the molecule is O=P(c1ccccc1)(c1ccccc1)c1nc2ccccc2c2ccc(Cl)cc12. The summed E-state index contributed by atoms with van der Waals surface area (Å²) in [7, 11) is -3.22. The Kier molecular flexibility index (Phi) is 4.47. The van der Waals surface area contributed by atoms with Gasteiger partial charge in [-0.1, -0.05) is 96.5 Å². The van der Waals surface area contributed by atoms with Gasteiger partial charge in [-0.2, -0.15) is 0 Å². The zero-order valence-corrected chi connectivity index (χ0v) is 17.1. The number of halogens is 1. The lowest BCUT2D eigenvalue weighted by Crippen LogP contribution is -2.27. The minimum Gasteiger partial charge on any atom is -0.307 e. The van der Waals surface area contributed by atoms with Crippen molar-refractivity contribution in [2.75, 3.05) is 0 Å². The van der Waals surface area contributed by atoms with E-state index in [4.69, 9.17) is 16.6 Å². The van der Waals surface area contributed by atoms with E-state index in [-0.39, 0.29) is 0 Å². The van der Waals surface area contributed by atoms with Gasteiger partial charge in [0.1, 0.15) is 5.44 Å². The molecule has 0 atom stereocenters. The first kappa shape index (κ1) is 18.1. The molecule has 29 heavy (non-hydrogen) atoms. The highest BCUT2D eigenvalue weighted by molar-refractivity contribution is 7.85. The van der Waals surface area contributed by atoms with Crippen molar-refractivity contribution in [2.45, 2.75) is 0 Å². The second kappa shape index (κ2) is 7.15. The van der Waals surface area contributed by atoms with Gasteiger partial charge >= 0.3 is 0 Å². The molecule has 0 fully saturated rings. The minimum absolute atomic E-state index is 0.575. The van der Waals surface area contributed by atoms with Gasteiger partial charge < -0.3 is 4.57 Å². The van der Waals surface area contributed by atoms with E-state index < -0.39 is 7.14 Å². The molecule has 0 saturated heterocycles. The summed E-state index contributed by atoms with van der Waals surface area (Å²) in [6.45, 7) is 0. The van der Waals surface area contributed by atoms with Crippen LogP contribution in [0.2, 0.25) is 5.02 Å². The molecule has 0 aliphatic carbocycles. The van der Waals surface area contributed by atoms with Crippen LogP contribution in [0.1, 0.15) is 0 Å². The number of hydrogen-bond donors (Lipinski definition) is 0. The number of pyridine rings is 1. The zero-order valence-electron chi connectivity index (χ0n) is 15.5. The van der Waals surface area contributed by atoms with Gasteiger partial charge in [-0.3, -0.25) is 0 Å².